The molecule has 0 aliphatic heterocycles. The van der Waals surface area contributed by atoms with Gasteiger partial charge in [0.15, 0.2) is 0 Å². The number of esters is 1. The van der Waals surface area contributed by atoms with Crippen LogP contribution >= 0.6 is 0 Å². The highest BCUT2D eigenvalue weighted by Gasteiger charge is 2.15. The van der Waals surface area contributed by atoms with E-state index in [9.17, 15) is 4.79 Å². The van der Waals surface area contributed by atoms with Crippen LogP contribution in [0, 0.1) is 23.7 Å². The van der Waals surface area contributed by atoms with Gasteiger partial charge in [-0.1, -0.05) is 29.9 Å². The normalized spacial score (nSPS) is 14.9. The van der Waals surface area contributed by atoms with Gasteiger partial charge in [-0.05, 0) is 37.0 Å². The van der Waals surface area contributed by atoms with Crippen LogP contribution in [-0.4, -0.2) is 17.6 Å². The summed E-state index contributed by atoms with van der Waals surface area (Å²) in [6.45, 7) is 0. The van der Waals surface area contributed by atoms with Crippen molar-refractivity contribution >= 4 is 16.9 Å². The van der Waals surface area contributed by atoms with Gasteiger partial charge in [0.2, 0.25) is 0 Å². The van der Waals surface area contributed by atoms with Gasteiger partial charge >= 0.3 is 5.97 Å². The molecule has 3 heteroatoms. The van der Waals surface area contributed by atoms with Crippen molar-refractivity contribution in [3.05, 3.63) is 47.2 Å². The van der Waals surface area contributed by atoms with Crippen molar-refractivity contribution in [1.29, 1.82) is 0 Å². The minimum atomic E-state index is -0.341. The third-order valence-corrected chi connectivity index (χ3v) is 4.08. The molecule has 1 aromatic carbocycles. The van der Waals surface area contributed by atoms with Crippen LogP contribution in [0.5, 0.6) is 0 Å². The van der Waals surface area contributed by atoms with E-state index in [2.05, 4.69) is 40.4 Å². The van der Waals surface area contributed by atoms with Crippen molar-refractivity contribution in [1.82, 2.24) is 4.57 Å². The molecule has 0 atom stereocenters. The Labute approximate surface area is 142 Å². The smallest absolute Gasteiger partial charge is 0.337 e. The number of aryl methyl sites for hydroxylation is 1. The van der Waals surface area contributed by atoms with Gasteiger partial charge in [-0.3, -0.25) is 0 Å². The Hall–Kier alpha value is -2.91. The number of hydrogen-bond donors (Lipinski definition) is 0. The van der Waals surface area contributed by atoms with Crippen LogP contribution in [0.1, 0.15) is 47.3 Å². The molecule has 3 nitrogen and oxygen atoms in total. The summed E-state index contributed by atoms with van der Waals surface area (Å²) in [5, 5.41) is 0.949. The highest BCUT2D eigenvalue weighted by molar-refractivity contribution is 5.98. The largest absolute Gasteiger partial charge is 0.465 e. The van der Waals surface area contributed by atoms with E-state index in [1.807, 2.05) is 19.2 Å². The number of fused-ring (bicyclic) bond motifs is 3. The molecule has 0 unspecified atom stereocenters. The second-order valence-electron chi connectivity index (χ2n) is 5.66. The number of carbonyl (C=O) groups excluding carboxylic acids is 1. The average Bonchev–Trinajstić information content (AvgIpc) is 2.85. The Morgan fingerprint density at radius 1 is 1.12 bits per heavy atom. The summed E-state index contributed by atoms with van der Waals surface area (Å²) < 4.78 is 6.88. The Kier molecular flexibility index (Phi) is 4.73. The molecule has 120 valence electrons. The summed E-state index contributed by atoms with van der Waals surface area (Å²) in [5.74, 6) is 12.6. The minimum Gasteiger partial charge on any atom is -0.465 e. The maximum atomic E-state index is 11.8. The third-order valence-electron chi connectivity index (χ3n) is 4.08. The minimum absolute atomic E-state index is 0.341. The highest BCUT2D eigenvalue weighted by Crippen LogP contribution is 2.26. The number of hydrogen-bond acceptors (Lipinski definition) is 2. The lowest BCUT2D eigenvalue weighted by Gasteiger charge is -2.00. The molecule has 0 amide bonds. The molecule has 0 bridgehead atoms. The van der Waals surface area contributed by atoms with E-state index in [1.165, 1.54) is 7.11 Å². The first-order valence-electron chi connectivity index (χ1n) is 8.06. The van der Waals surface area contributed by atoms with Gasteiger partial charge in [-0.15, -0.1) is 0 Å². The molecule has 1 aliphatic carbocycles. The number of nitrogens with zero attached hydrogens (tertiary/aromatic N) is 1. The molecule has 24 heavy (non-hydrogen) atoms. The molecule has 1 heterocycles. The maximum absolute atomic E-state index is 11.8. The number of aromatic nitrogens is 1. The van der Waals surface area contributed by atoms with E-state index < -0.39 is 0 Å². The van der Waals surface area contributed by atoms with Gasteiger partial charge in [0.05, 0.1) is 23.8 Å². The van der Waals surface area contributed by atoms with Crippen LogP contribution in [0.15, 0.2) is 30.4 Å². The molecule has 0 saturated carbocycles. The standard InChI is InChI=1S/C21H19NO2/c1-22-19-12-10-8-6-4-3-5-7-9-11-17(19)18-15-16(21(23)24-2)13-14-20(18)22/h3-4,13-15H,5-8H2,1-2H3/b4-3+. The van der Waals surface area contributed by atoms with Crippen LogP contribution < -0.4 is 0 Å². The van der Waals surface area contributed by atoms with E-state index in [0.29, 0.717) is 5.56 Å². The van der Waals surface area contributed by atoms with E-state index in [4.69, 9.17) is 4.74 Å². The Balaban J connectivity index is 2.21. The number of benzene rings is 1. The lowest BCUT2D eigenvalue weighted by molar-refractivity contribution is 0.0601. The zero-order chi connectivity index (χ0) is 16.9. The summed E-state index contributed by atoms with van der Waals surface area (Å²) >= 11 is 0. The predicted molar refractivity (Wildman–Crippen MR) is 95.6 cm³/mol. The first-order chi connectivity index (χ1) is 11.7. The second kappa shape index (κ2) is 7.11. The van der Waals surface area contributed by atoms with Crippen LogP contribution in [0.2, 0.25) is 0 Å². The average molecular weight is 317 g/mol. The monoisotopic (exact) mass is 317 g/mol. The van der Waals surface area contributed by atoms with Gasteiger partial charge in [0.25, 0.3) is 0 Å². The molecular weight excluding hydrogens is 298 g/mol. The van der Waals surface area contributed by atoms with Crippen LogP contribution in [0.3, 0.4) is 0 Å². The lowest BCUT2D eigenvalue weighted by atomic mass is 10.1. The zero-order valence-corrected chi connectivity index (χ0v) is 14.0. The van der Waals surface area contributed by atoms with Crippen molar-refractivity contribution in [2.24, 2.45) is 7.05 Å². The molecule has 0 radical (unpaired) electrons. The van der Waals surface area contributed by atoms with E-state index in [-0.39, 0.29) is 5.97 Å². The van der Waals surface area contributed by atoms with Crippen LogP contribution in [-0.2, 0) is 11.8 Å². The summed E-state index contributed by atoms with van der Waals surface area (Å²) in [6, 6.07) is 5.56. The van der Waals surface area contributed by atoms with Crippen molar-refractivity contribution in [2.75, 3.05) is 7.11 Å². The van der Waals surface area contributed by atoms with E-state index in [1.54, 1.807) is 6.07 Å². The molecule has 0 fully saturated rings. The van der Waals surface area contributed by atoms with Gasteiger partial charge in [-0.2, -0.15) is 0 Å². The maximum Gasteiger partial charge on any atom is 0.337 e. The molecule has 1 aliphatic rings. The van der Waals surface area contributed by atoms with E-state index >= 15 is 0 Å². The van der Waals surface area contributed by atoms with Crippen molar-refractivity contribution in [3.63, 3.8) is 0 Å². The number of rotatable bonds is 1. The van der Waals surface area contributed by atoms with Crippen LogP contribution in [0.25, 0.3) is 10.9 Å². The highest BCUT2D eigenvalue weighted by atomic mass is 16.5. The van der Waals surface area contributed by atoms with Crippen LogP contribution in [0.4, 0.5) is 0 Å². The predicted octanol–water partition coefficient (Wildman–Crippen LogP) is 3.80. The zero-order valence-electron chi connectivity index (χ0n) is 14.0. The van der Waals surface area contributed by atoms with Gasteiger partial charge < -0.3 is 9.30 Å². The molecule has 1 aromatic heterocycles. The Bertz CT molecular complexity index is 939. The summed E-state index contributed by atoms with van der Waals surface area (Å²) in [4.78, 5) is 11.8. The number of allylic oxidation sites excluding steroid dienone is 2. The number of methoxy groups -OCH3 is 1. The quantitative estimate of drug-likeness (QED) is 0.455. The molecular formula is C21H19NO2. The van der Waals surface area contributed by atoms with Crippen molar-refractivity contribution in [3.8, 4) is 23.7 Å². The van der Waals surface area contributed by atoms with E-state index in [0.717, 1.165) is 47.8 Å². The number of carbonyl (C=O) groups is 1. The fourth-order valence-corrected chi connectivity index (χ4v) is 2.81. The molecule has 0 N–H and O–H groups in total. The molecule has 0 spiro atoms. The Morgan fingerprint density at radius 2 is 1.83 bits per heavy atom. The van der Waals surface area contributed by atoms with Gasteiger partial charge in [0.1, 0.15) is 5.69 Å². The summed E-state index contributed by atoms with van der Waals surface area (Å²) in [5.41, 5.74) is 3.35. The van der Waals surface area contributed by atoms with Crippen molar-refractivity contribution in [2.45, 2.75) is 25.7 Å². The fourth-order valence-electron chi connectivity index (χ4n) is 2.81. The molecule has 3 rings (SSSR count). The Morgan fingerprint density at radius 3 is 2.54 bits per heavy atom. The summed E-state index contributed by atoms with van der Waals surface area (Å²) in [6.07, 6.45) is 7.90. The molecule has 2 aromatic rings. The SMILES string of the molecule is COC(=O)c1ccc2c(c1)c1c(n2C)C#CCC/C=C/CCC#C1. The number of ether oxygens (including phenoxy) is 1. The third kappa shape index (κ3) is 3.07. The summed E-state index contributed by atoms with van der Waals surface area (Å²) in [7, 11) is 3.38. The van der Waals surface area contributed by atoms with Crippen molar-refractivity contribution < 1.29 is 9.53 Å². The lowest BCUT2D eigenvalue weighted by Crippen LogP contribution is -2.00. The fraction of sp³-hybridized carbons (Fsp3) is 0.286. The van der Waals surface area contributed by atoms with Gasteiger partial charge in [-0.25, -0.2) is 4.79 Å². The first kappa shape index (κ1) is 16.0. The van der Waals surface area contributed by atoms with Gasteiger partial charge in [0, 0.05) is 25.3 Å². The second-order valence-corrected chi connectivity index (χ2v) is 5.66. The molecule has 0 saturated heterocycles. The topological polar surface area (TPSA) is 31.2 Å². The first-order valence-corrected chi connectivity index (χ1v) is 8.06.